The average molecular weight is 269 g/mol. The van der Waals surface area contributed by atoms with Crippen LogP contribution in [0.4, 0.5) is 18.9 Å². The zero-order valence-electron chi connectivity index (χ0n) is 8.42. The minimum absolute atomic E-state index is 0.217. The van der Waals surface area contributed by atoms with Crippen molar-refractivity contribution in [3.8, 4) is 0 Å². The predicted octanol–water partition coefficient (Wildman–Crippen LogP) is 2.25. The van der Waals surface area contributed by atoms with Crippen molar-refractivity contribution in [2.24, 2.45) is 0 Å². The summed E-state index contributed by atoms with van der Waals surface area (Å²) in [5, 5.41) is 2.51. The molecule has 0 spiro atoms. The normalized spacial score (nSPS) is 11.3. The standard InChI is InChI=1S/C9H8ClF3N2O2/c10-6-1-2-14-3-7(6)15-8(16)4-17-5-9(11,12)13/h1-3H,4-5H2,(H,15,16). The Morgan fingerprint density at radius 1 is 1.53 bits per heavy atom. The monoisotopic (exact) mass is 268 g/mol. The molecule has 0 saturated heterocycles. The summed E-state index contributed by atoms with van der Waals surface area (Å²) in [5.74, 6) is -0.732. The summed E-state index contributed by atoms with van der Waals surface area (Å²) in [5.41, 5.74) is 0.217. The molecule has 4 nitrogen and oxygen atoms in total. The molecule has 0 aliphatic carbocycles. The number of anilines is 1. The minimum Gasteiger partial charge on any atom is -0.362 e. The summed E-state index contributed by atoms with van der Waals surface area (Å²) in [6.45, 7) is -2.17. The number of nitrogens with one attached hydrogen (secondary N) is 1. The van der Waals surface area contributed by atoms with Crippen molar-refractivity contribution in [1.29, 1.82) is 0 Å². The molecule has 0 aliphatic rings. The van der Waals surface area contributed by atoms with Gasteiger partial charge in [0.05, 0.1) is 16.9 Å². The molecular weight excluding hydrogens is 261 g/mol. The molecule has 0 unspecified atom stereocenters. The van der Waals surface area contributed by atoms with Gasteiger partial charge in [0.25, 0.3) is 0 Å². The fraction of sp³-hybridized carbons (Fsp3) is 0.333. The Hall–Kier alpha value is -1.34. The second-order valence-corrected chi connectivity index (χ2v) is 3.42. The van der Waals surface area contributed by atoms with E-state index in [0.29, 0.717) is 0 Å². The molecular formula is C9H8ClF3N2O2. The molecule has 8 heteroatoms. The first-order valence-corrected chi connectivity index (χ1v) is 4.80. The van der Waals surface area contributed by atoms with Gasteiger partial charge in [-0.05, 0) is 6.07 Å². The molecule has 0 saturated carbocycles. The second-order valence-electron chi connectivity index (χ2n) is 3.01. The maximum Gasteiger partial charge on any atom is 0.411 e. The molecule has 17 heavy (non-hydrogen) atoms. The van der Waals surface area contributed by atoms with Gasteiger partial charge in [-0.3, -0.25) is 9.78 Å². The number of nitrogens with zero attached hydrogens (tertiary/aromatic N) is 1. The van der Waals surface area contributed by atoms with E-state index in [4.69, 9.17) is 11.6 Å². The molecule has 94 valence electrons. The van der Waals surface area contributed by atoms with Crippen LogP contribution in [0.3, 0.4) is 0 Å². The highest BCUT2D eigenvalue weighted by Gasteiger charge is 2.27. The predicted molar refractivity (Wildman–Crippen MR) is 54.8 cm³/mol. The van der Waals surface area contributed by atoms with E-state index in [-0.39, 0.29) is 10.7 Å². The van der Waals surface area contributed by atoms with Crippen molar-refractivity contribution in [1.82, 2.24) is 4.98 Å². The van der Waals surface area contributed by atoms with Gasteiger partial charge >= 0.3 is 6.18 Å². The molecule has 1 rings (SSSR count). The number of amides is 1. The Morgan fingerprint density at radius 2 is 2.24 bits per heavy atom. The SMILES string of the molecule is O=C(COCC(F)(F)F)Nc1cnccc1Cl. The lowest BCUT2D eigenvalue weighted by molar-refractivity contribution is -0.174. The number of hydrogen-bond donors (Lipinski definition) is 1. The van der Waals surface area contributed by atoms with Crippen LogP contribution in [-0.2, 0) is 9.53 Å². The van der Waals surface area contributed by atoms with Crippen LogP contribution in [0.1, 0.15) is 0 Å². The average Bonchev–Trinajstić information content (AvgIpc) is 2.19. The molecule has 1 amide bonds. The van der Waals surface area contributed by atoms with E-state index in [1.807, 2.05) is 0 Å². The molecule has 0 aromatic carbocycles. The lowest BCUT2D eigenvalue weighted by Gasteiger charge is -2.08. The van der Waals surface area contributed by atoms with E-state index < -0.39 is 25.3 Å². The van der Waals surface area contributed by atoms with Crippen molar-refractivity contribution >= 4 is 23.2 Å². The lowest BCUT2D eigenvalue weighted by atomic mass is 10.4. The Morgan fingerprint density at radius 3 is 2.82 bits per heavy atom. The van der Waals surface area contributed by atoms with Gasteiger partial charge in [0.2, 0.25) is 5.91 Å². The van der Waals surface area contributed by atoms with Gasteiger partial charge in [0.1, 0.15) is 13.2 Å². The number of carbonyl (C=O) groups is 1. The number of ether oxygens (including phenoxy) is 1. The number of carbonyl (C=O) groups excluding carboxylic acids is 1. The smallest absolute Gasteiger partial charge is 0.362 e. The number of pyridine rings is 1. The van der Waals surface area contributed by atoms with E-state index in [0.717, 1.165) is 0 Å². The first-order valence-electron chi connectivity index (χ1n) is 4.42. The molecule has 0 bridgehead atoms. The highest BCUT2D eigenvalue weighted by molar-refractivity contribution is 6.33. The van der Waals surface area contributed by atoms with Crippen LogP contribution in [0.5, 0.6) is 0 Å². The number of hydrogen-bond acceptors (Lipinski definition) is 3. The largest absolute Gasteiger partial charge is 0.411 e. The minimum atomic E-state index is -4.45. The second kappa shape index (κ2) is 5.83. The van der Waals surface area contributed by atoms with Crippen molar-refractivity contribution in [2.75, 3.05) is 18.5 Å². The zero-order valence-corrected chi connectivity index (χ0v) is 9.18. The van der Waals surface area contributed by atoms with Crippen molar-refractivity contribution in [2.45, 2.75) is 6.18 Å². The molecule has 0 atom stereocenters. The summed E-state index contributed by atoms with van der Waals surface area (Å²) < 4.78 is 39.3. The zero-order chi connectivity index (χ0) is 12.9. The van der Waals surface area contributed by atoms with Gasteiger partial charge in [-0.1, -0.05) is 11.6 Å². The Bertz CT molecular complexity index is 398. The Kier molecular flexibility index (Phi) is 4.71. The maximum absolute atomic E-state index is 11.7. The fourth-order valence-electron chi connectivity index (χ4n) is 0.915. The van der Waals surface area contributed by atoms with E-state index in [2.05, 4.69) is 15.0 Å². The van der Waals surface area contributed by atoms with Crippen LogP contribution in [0.15, 0.2) is 18.5 Å². The third-order valence-corrected chi connectivity index (χ3v) is 1.87. The molecule has 1 heterocycles. The molecule has 1 aromatic heterocycles. The Labute approximate surface area is 99.7 Å². The topological polar surface area (TPSA) is 51.2 Å². The summed E-state index contributed by atoms with van der Waals surface area (Å²) in [7, 11) is 0. The van der Waals surface area contributed by atoms with Crippen LogP contribution in [0.2, 0.25) is 5.02 Å². The summed E-state index contributed by atoms with van der Waals surface area (Å²) >= 11 is 5.70. The van der Waals surface area contributed by atoms with E-state index >= 15 is 0 Å². The number of halogens is 4. The third-order valence-electron chi connectivity index (χ3n) is 1.54. The van der Waals surface area contributed by atoms with Crippen LogP contribution in [0.25, 0.3) is 0 Å². The van der Waals surface area contributed by atoms with Gasteiger partial charge in [0, 0.05) is 6.20 Å². The number of alkyl halides is 3. The highest BCUT2D eigenvalue weighted by Crippen LogP contribution is 2.19. The van der Waals surface area contributed by atoms with Crippen LogP contribution in [-0.4, -0.2) is 30.3 Å². The summed E-state index contributed by atoms with van der Waals surface area (Å²) in [4.78, 5) is 14.9. The molecule has 1 N–H and O–H groups in total. The first-order chi connectivity index (χ1) is 7.88. The lowest BCUT2D eigenvalue weighted by Crippen LogP contribution is -2.24. The maximum atomic E-state index is 11.7. The molecule has 0 fully saturated rings. The van der Waals surface area contributed by atoms with Gasteiger partial charge in [-0.25, -0.2) is 0 Å². The van der Waals surface area contributed by atoms with E-state index in [9.17, 15) is 18.0 Å². The van der Waals surface area contributed by atoms with E-state index in [1.54, 1.807) is 0 Å². The first kappa shape index (κ1) is 13.7. The van der Waals surface area contributed by atoms with Gasteiger partial charge < -0.3 is 10.1 Å². The summed E-state index contributed by atoms with van der Waals surface area (Å²) in [6.07, 6.45) is -1.76. The van der Waals surface area contributed by atoms with Gasteiger partial charge in [-0.2, -0.15) is 13.2 Å². The van der Waals surface area contributed by atoms with Crippen molar-refractivity contribution in [3.05, 3.63) is 23.5 Å². The molecule has 0 aliphatic heterocycles. The molecule has 1 aromatic rings. The number of rotatable bonds is 4. The fourth-order valence-corrected chi connectivity index (χ4v) is 1.07. The van der Waals surface area contributed by atoms with Crippen LogP contribution < -0.4 is 5.32 Å². The Balaban J connectivity index is 2.38. The third kappa shape index (κ3) is 5.50. The van der Waals surface area contributed by atoms with E-state index in [1.165, 1.54) is 18.5 Å². The number of aromatic nitrogens is 1. The quantitative estimate of drug-likeness (QED) is 0.911. The molecule has 0 radical (unpaired) electrons. The van der Waals surface area contributed by atoms with Crippen LogP contribution >= 0.6 is 11.6 Å². The van der Waals surface area contributed by atoms with Gasteiger partial charge in [0.15, 0.2) is 0 Å². The highest BCUT2D eigenvalue weighted by atomic mass is 35.5. The van der Waals surface area contributed by atoms with Crippen molar-refractivity contribution < 1.29 is 22.7 Å². The van der Waals surface area contributed by atoms with Gasteiger partial charge in [-0.15, -0.1) is 0 Å². The van der Waals surface area contributed by atoms with Crippen LogP contribution in [0, 0.1) is 0 Å². The summed E-state index contributed by atoms with van der Waals surface area (Å²) in [6, 6.07) is 1.44. The van der Waals surface area contributed by atoms with Crippen molar-refractivity contribution in [3.63, 3.8) is 0 Å².